The number of nitrogens with one attached hydrogen (secondary N) is 1. The Bertz CT molecular complexity index is 757. The number of rotatable bonds is 7. The molecule has 0 radical (unpaired) electrons. The molecule has 0 bridgehead atoms. The minimum absolute atomic E-state index is 0.0759. The Labute approximate surface area is 156 Å². The fourth-order valence-electron chi connectivity index (χ4n) is 3.67. The lowest BCUT2D eigenvalue weighted by atomic mass is 9.89. The number of fused-ring (bicyclic) bond motifs is 1. The summed E-state index contributed by atoms with van der Waals surface area (Å²) < 4.78 is 5.78. The number of ether oxygens (including phenoxy) is 1. The highest BCUT2D eigenvalue weighted by atomic mass is 16.5. The van der Waals surface area contributed by atoms with Crippen molar-refractivity contribution in [1.82, 2.24) is 4.90 Å². The molecule has 4 nitrogen and oxygen atoms in total. The first kappa shape index (κ1) is 18.3. The summed E-state index contributed by atoms with van der Waals surface area (Å²) in [6.45, 7) is 7.67. The van der Waals surface area contributed by atoms with Crippen LogP contribution in [0.3, 0.4) is 0 Å². The fourth-order valence-corrected chi connectivity index (χ4v) is 3.67. The van der Waals surface area contributed by atoms with Crippen molar-refractivity contribution in [2.45, 2.75) is 45.7 Å². The minimum Gasteiger partial charge on any atom is -0.494 e. The van der Waals surface area contributed by atoms with Crippen LogP contribution in [0.2, 0.25) is 0 Å². The third-order valence-electron chi connectivity index (χ3n) is 5.13. The van der Waals surface area contributed by atoms with Crippen LogP contribution >= 0.6 is 0 Å². The van der Waals surface area contributed by atoms with Crippen LogP contribution in [0.4, 0.5) is 5.69 Å². The Morgan fingerprint density at radius 1 is 1.04 bits per heavy atom. The zero-order chi connectivity index (χ0) is 18.6. The first-order valence-electron chi connectivity index (χ1n) is 9.58. The van der Waals surface area contributed by atoms with E-state index in [0.717, 1.165) is 48.4 Å². The van der Waals surface area contributed by atoms with Crippen LogP contribution in [0.25, 0.3) is 0 Å². The molecule has 1 amide bonds. The Balaban J connectivity index is 1.96. The number of anilines is 1. The van der Waals surface area contributed by atoms with Crippen molar-refractivity contribution in [2.75, 3.05) is 18.5 Å². The highest BCUT2D eigenvalue weighted by Crippen LogP contribution is 2.40. The summed E-state index contributed by atoms with van der Waals surface area (Å²) in [6.07, 6.45) is 2.95. The number of carbonyl (C=O) groups excluding carboxylic acids is 1. The smallest absolute Gasteiger partial charge is 0.258 e. The summed E-state index contributed by atoms with van der Waals surface area (Å²) in [5.74, 6) is 0.950. The molecule has 1 aliphatic heterocycles. The summed E-state index contributed by atoms with van der Waals surface area (Å²) in [7, 11) is 0. The van der Waals surface area contributed by atoms with E-state index < -0.39 is 5.66 Å². The first-order valence-corrected chi connectivity index (χ1v) is 9.58. The molecular formula is C22H28N2O2. The van der Waals surface area contributed by atoms with Crippen molar-refractivity contribution in [3.05, 3.63) is 59.7 Å². The maximum absolute atomic E-state index is 13.1. The van der Waals surface area contributed by atoms with Crippen LogP contribution in [0.5, 0.6) is 5.75 Å². The van der Waals surface area contributed by atoms with Crippen molar-refractivity contribution in [3.8, 4) is 5.75 Å². The van der Waals surface area contributed by atoms with E-state index in [-0.39, 0.29) is 5.91 Å². The molecule has 2 aromatic carbocycles. The van der Waals surface area contributed by atoms with Crippen molar-refractivity contribution in [2.24, 2.45) is 0 Å². The highest BCUT2D eigenvalue weighted by Gasteiger charge is 2.43. The van der Waals surface area contributed by atoms with E-state index in [4.69, 9.17) is 4.74 Å². The largest absolute Gasteiger partial charge is 0.494 e. The zero-order valence-electron chi connectivity index (χ0n) is 15.9. The molecule has 0 saturated heterocycles. The lowest BCUT2D eigenvalue weighted by Gasteiger charge is -2.48. The van der Waals surface area contributed by atoms with Gasteiger partial charge in [-0.1, -0.05) is 44.5 Å². The van der Waals surface area contributed by atoms with Gasteiger partial charge in [0.15, 0.2) is 0 Å². The molecule has 1 atom stereocenters. The maximum Gasteiger partial charge on any atom is 0.258 e. The standard InChI is InChI=1S/C22H28N2O2/c1-4-7-16-26-18-14-12-17(13-15-18)22(5-2)23-20-11-9-8-10-19(20)21(25)24(22)6-3/h8-15,23H,4-7,16H2,1-3H3. The average molecular weight is 352 g/mol. The number of unbranched alkanes of at least 4 members (excludes halogenated alkanes) is 1. The first-order chi connectivity index (χ1) is 12.7. The van der Waals surface area contributed by atoms with Gasteiger partial charge in [0.1, 0.15) is 11.4 Å². The van der Waals surface area contributed by atoms with Crippen molar-refractivity contribution < 1.29 is 9.53 Å². The third-order valence-corrected chi connectivity index (χ3v) is 5.13. The summed E-state index contributed by atoms with van der Waals surface area (Å²) in [4.78, 5) is 15.0. The summed E-state index contributed by atoms with van der Waals surface area (Å²) in [5, 5.41) is 3.64. The van der Waals surface area contributed by atoms with Crippen LogP contribution in [0.1, 0.15) is 56.0 Å². The molecule has 3 rings (SSSR count). The summed E-state index contributed by atoms with van der Waals surface area (Å²) in [6, 6.07) is 15.9. The zero-order valence-corrected chi connectivity index (χ0v) is 15.9. The second-order valence-electron chi connectivity index (χ2n) is 6.66. The maximum atomic E-state index is 13.1. The average Bonchev–Trinajstić information content (AvgIpc) is 2.68. The van der Waals surface area contributed by atoms with E-state index in [1.165, 1.54) is 0 Å². The van der Waals surface area contributed by atoms with Gasteiger partial charge in [-0.3, -0.25) is 4.79 Å². The van der Waals surface area contributed by atoms with E-state index in [9.17, 15) is 4.79 Å². The number of benzene rings is 2. The van der Waals surface area contributed by atoms with Gasteiger partial charge >= 0.3 is 0 Å². The number of hydrogen-bond acceptors (Lipinski definition) is 3. The van der Waals surface area contributed by atoms with Gasteiger partial charge in [0.25, 0.3) is 5.91 Å². The molecule has 26 heavy (non-hydrogen) atoms. The van der Waals surface area contributed by atoms with Crippen molar-refractivity contribution in [3.63, 3.8) is 0 Å². The van der Waals surface area contributed by atoms with Crippen LogP contribution in [-0.4, -0.2) is 24.0 Å². The molecule has 1 aliphatic rings. The van der Waals surface area contributed by atoms with E-state index in [1.54, 1.807) is 0 Å². The quantitative estimate of drug-likeness (QED) is 0.712. The van der Waals surface area contributed by atoms with Gasteiger partial charge in [-0.25, -0.2) is 0 Å². The molecule has 1 N–H and O–H groups in total. The second kappa shape index (κ2) is 7.81. The lowest BCUT2D eigenvalue weighted by molar-refractivity contribution is 0.0503. The number of para-hydroxylation sites is 1. The van der Waals surface area contributed by atoms with Gasteiger partial charge in [-0.2, -0.15) is 0 Å². The van der Waals surface area contributed by atoms with Gasteiger partial charge in [0, 0.05) is 12.2 Å². The molecule has 2 aromatic rings. The summed E-state index contributed by atoms with van der Waals surface area (Å²) >= 11 is 0. The monoisotopic (exact) mass is 352 g/mol. The molecule has 0 spiro atoms. The Morgan fingerprint density at radius 3 is 2.42 bits per heavy atom. The van der Waals surface area contributed by atoms with Crippen LogP contribution in [0.15, 0.2) is 48.5 Å². The van der Waals surface area contributed by atoms with Gasteiger partial charge in [-0.15, -0.1) is 0 Å². The normalized spacial score (nSPS) is 19.0. The molecule has 0 saturated carbocycles. The molecule has 1 heterocycles. The fraction of sp³-hybridized carbons (Fsp3) is 0.409. The van der Waals surface area contributed by atoms with Gasteiger partial charge in [-0.05, 0) is 49.6 Å². The van der Waals surface area contributed by atoms with Crippen molar-refractivity contribution >= 4 is 11.6 Å². The predicted molar refractivity (Wildman–Crippen MR) is 106 cm³/mol. The molecule has 1 unspecified atom stereocenters. The summed E-state index contributed by atoms with van der Waals surface area (Å²) in [5.41, 5.74) is 2.17. The number of nitrogens with zero attached hydrogens (tertiary/aromatic N) is 1. The molecule has 0 fully saturated rings. The minimum atomic E-state index is -0.540. The Hall–Kier alpha value is -2.49. The number of carbonyl (C=O) groups is 1. The second-order valence-corrected chi connectivity index (χ2v) is 6.66. The van der Waals surface area contributed by atoms with E-state index in [1.807, 2.05) is 48.2 Å². The molecule has 0 aliphatic carbocycles. The molecule has 0 aromatic heterocycles. The van der Waals surface area contributed by atoms with Gasteiger partial charge in [0.2, 0.25) is 0 Å². The van der Waals surface area contributed by atoms with Crippen molar-refractivity contribution in [1.29, 1.82) is 0 Å². The van der Waals surface area contributed by atoms with Crippen LogP contribution in [-0.2, 0) is 5.66 Å². The third kappa shape index (κ3) is 3.16. The Kier molecular flexibility index (Phi) is 5.50. The number of hydrogen-bond donors (Lipinski definition) is 1. The topological polar surface area (TPSA) is 41.6 Å². The highest BCUT2D eigenvalue weighted by molar-refractivity contribution is 6.02. The number of amides is 1. The molecule has 4 heteroatoms. The van der Waals surface area contributed by atoms with Gasteiger partial charge in [0.05, 0.1) is 12.2 Å². The van der Waals surface area contributed by atoms with E-state index in [2.05, 4.69) is 31.3 Å². The molecule has 138 valence electrons. The van der Waals surface area contributed by atoms with E-state index in [0.29, 0.717) is 6.54 Å². The van der Waals surface area contributed by atoms with E-state index >= 15 is 0 Å². The predicted octanol–water partition coefficient (Wildman–Crippen LogP) is 5.02. The lowest BCUT2D eigenvalue weighted by Crippen LogP contribution is -2.57. The van der Waals surface area contributed by atoms with Gasteiger partial charge < -0.3 is 15.0 Å². The SMILES string of the molecule is CCCCOc1ccc(C2(CC)Nc3ccccc3C(=O)N2CC)cc1. The van der Waals surface area contributed by atoms with Crippen LogP contribution < -0.4 is 10.1 Å². The Morgan fingerprint density at radius 2 is 1.77 bits per heavy atom. The van der Waals surface area contributed by atoms with Crippen LogP contribution in [0, 0.1) is 0 Å². The molecular weight excluding hydrogens is 324 g/mol.